The van der Waals surface area contributed by atoms with E-state index in [1.54, 1.807) is 0 Å². The molecule has 0 aliphatic rings. The fourth-order valence-electron chi connectivity index (χ4n) is 9.59. The van der Waals surface area contributed by atoms with E-state index in [4.69, 9.17) is 14.2 Å². The summed E-state index contributed by atoms with van der Waals surface area (Å²) in [4.78, 5) is 38.4. The molecule has 0 radical (unpaired) electrons. The van der Waals surface area contributed by atoms with Crippen molar-refractivity contribution in [1.29, 1.82) is 0 Å². The highest BCUT2D eigenvalue weighted by Gasteiger charge is 2.19. The molecule has 464 valence electrons. The normalized spacial score (nSPS) is 12.8. The summed E-state index contributed by atoms with van der Waals surface area (Å²) in [6.45, 7) is 6.49. The van der Waals surface area contributed by atoms with E-state index in [1.165, 1.54) is 173 Å². The van der Waals surface area contributed by atoms with Crippen molar-refractivity contribution in [2.24, 2.45) is 0 Å². The Morgan fingerprint density at radius 2 is 0.481 bits per heavy atom. The smallest absolute Gasteiger partial charge is 0.306 e. The molecule has 0 bridgehead atoms. The number of carbonyl (C=O) groups excluding carboxylic acids is 3. The van der Waals surface area contributed by atoms with E-state index >= 15 is 0 Å². The minimum Gasteiger partial charge on any atom is -0.462 e. The van der Waals surface area contributed by atoms with Gasteiger partial charge in [-0.25, -0.2) is 0 Å². The van der Waals surface area contributed by atoms with Gasteiger partial charge in [0.15, 0.2) is 6.10 Å². The third kappa shape index (κ3) is 66.8. The van der Waals surface area contributed by atoms with Gasteiger partial charge < -0.3 is 14.2 Å². The van der Waals surface area contributed by atoms with Crippen LogP contribution >= 0.6 is 0 Å². The molecule has 0 aromatic rings. The van der Waals surface area contributed by atoms with Gasteiger partial charge in [-0.05, 0) is 128 Å². The van der Waals surface area contributed by atoms with Crippen molar-refractivity contribution in [1.82, 2.24) is 0 Å². The quantitative estimate of drug-likeness (QED) is 0.0261. The van der Waals surface area contributed by atoms with E-state index in [0.29, 0.717) is 19.3 Å². The average Bonchev–Trinajstić information content (AvgIpc) is 3.46. The lowest BCUT2D eigenvalue weighted by Crippen LogP contribution is -2.30. The van der Waals surface area contributed by atoms with Crippen molar-refractivity contribution in [2.45, 2.75) is 335 Å². The van der Waals surface area contributed by atoms with Gasteiger partial charge in [-0.3, -0.25) is 14.4 Å². The maximum Gasteiger partial charge on any atom is 0.306 e. The second kappa shape index (κ2) is 68.6. The zero-order chi connectivity index (χ0) is 58.5. The molecule has 0 rings (SSSR count). The van der Waals surface area contributed by atoms with E-state index in [-0.39, 0.29) is 37.5 Å². The average molecular weight is 1130 g/mol. The summed E-state index contributed by atoms with van der Waals surface area (Å²) in [6.07, 6.45) is 94.0. The van der Waals surface area contributed by atoms with Crippen molar-refractivity contribution in [3.63, 3.8) is 0 Å². The van der Waals surface area contributed by atoms with Crippen LogP contribution in [0.1, 0.15) is 329 Å². The molecular weight excluding hydrogens is 997 g/mol. The summed E-state index contributed by atoms with van der Waals surface area (Å²) >= 11 is 0. The van der Waals surface area contributed by atoms with Crippen LogP contribution in [0, 0.1) is 0 Å². The fourth-order valence-corrected chi connectivity index (χ4v) is 9.59. The predicted molar refractivity (Wildman–Crippen MR) is 353 cm³/mol. The highest BCUT2D eigenvalue weighted by Crippen LogP contribution is 2.17. The Balaban J connectivity index is 4.31. The van der Waals surface area contributed by atoms with E-state index in [2.05, 4.69) is 130 Å². The van der Waals surface area contributed by atoms with Crippen LogP contribution in [0.25, 0.3) is 0 Å². The highest BCUT2D eigenvalue weighted by atomic mass is 16.6. The number of hydrogen-bond acceptors (Lipinski definition) is 6. The Hall–Kier alpha value is -3.93. The second-order valence-corrected chi connectivity index (χ2v) is 22.7. The standard InChI is InChI=1S/C75H128O6/c1-4-7-10-13-16-19-22-25-27-29-31-33-34-35-36-37-38-39-40-42-43-45-47-50-53-56-59-62-65-68-74(77)80-71-72(70-79-73(76)67-64-61-58-55-52-49-24-21-18-15-12-9-6-3)81-75(78)69-66-63-60-57-54-51-48-46-44-41-32-30-28-26-23-20-17-14-11-8-5-2/h8,11,17,20-22,24-26,28-29,31-32,41,46,48,54,57,72H,4-7,9-10,12-16,18-19,23,27,30,33-40,42-45,47,49-53,55-56,58-71H2,1-3H3/b11-8-,20-17-,24-21-,25-22-,28-26-,31-29-,41-32-,48-46-,57-54-. The second-order valence-electron chi connectivity index (χ2n) is 22.7. The maximum atomic E-state index is 12.9. The Morgan fingerprint density at radius 1 is 0.259 bits per heavy atom. The van der Waals surface area contributed by atoms with Crippen LogP contribution in [0.2, 0.25) is 0 Å². The summed E-state index contributed by atoms with van der Waals surface area (Å²) in [5, 5.41) is 0. The van der Waals surface area contributed by atoms with Crippen LogP contribution < -0.4 is 0 Å². The zero-order valence-electron chi connectivity index (χ0n) is 53.3. The van der Waals surface area contributed by atoms with Crippen LogP contribution in [0.4, 0.5) is 0 Å². The summed E-state index contributed by atoms with van der Waals surface area (Å²) in [5.74, 6) is -0.940. The van der Waals surface area contributed by atoms with E-state index < -0.39 is 6.10 Å². The number of carbonyl (C=O) groups is 3. The molecule has 6 nitrogen and oxygen atoms in total. The largest absolute Gasteiger partial charge is 0.462 e. The van der Waals surface area contributed by atoms with Gasteiger partial charge in [-0.2, -0.15) is 0 Å². The molecule has 0 aromatic heterocycles. The summed E-state index contributed by atoms with van der Waals surface area (Å²) in [6, 6.07) is 0. The van der Waals surface area contributed by atoms with Crippen LogP contribution in [-0.2, 0) is 28.6 Å². The Morgan fingerprint density at radius 3 is 0.802 bits per heavy atom. The first-order valence-corrected chi connectivity index (χ1v) is 34.4. The van der Waals surface area contributed by atoms with Gasteiger partial charge in [-0.1, -0.05) is 291 Å². The van der Waals surface area contributed by atoms with E-state index in [0.717, 1.165) is 109 Å². The SMILES string of the molecule is CC/C=C\C/C=C\C/C=C\C/C=C\C/C=C\C/C=C\CCCCC(=O)OC(COC(=O)CCCCCCC/C=C\CCCCCC)COC(=O)CCCCCCCCCCCCCCCCCCC/C=C\C/C=C\CCCCCCC. The molecule has 0 saturated carbocycles. The highest BCUT2D eigenvalue weighted by molar-refractivity contribution is 5.71. The topological polar surface area (TPSA) is 78.9 Å². The van der Waals surface area contributed by atoms with Crippen molar-refractivity contribution in [3.05, 3.63) is 109 Å². The predicted octanol–water partition coefficient (Wildman–Crippen LogP) is 23.8. The van der Waals surface area contributed by atoms with Gasteiger partial charge in [0.2, 0.25) is 0 Å². The molecule has 81 heavy (non-hydrogen) atoms. The molecule has 0 spiro atoms. The van der Waals surface area contributed by atoms with Gasteiger partial charge in [0.05, 0.1) is 0 Å². The summed E-state index contributed by atoms with van der Waals surface area (Å²) in [5.41, 5.74) is 0. The van der Waals surface area contributed by atoms with Gasteiger partial charge >= 0.3 is 17.9 Å². The minimum absolute atomic E-state index is 0.0973. The molecule has 0 heterocycles. The van der Waals surface area contributed by atoms with E-state index in [1.807, 2.05) is 0 Å². The number of allylic oxidation sites excluding steroid dienone is 18. The molecule has 6 heteroatoms. The molecule has 0 aromatic carbocycles. The third-order valence-corrected chi connectivity index (χ3v) is 14.7. The summed E-state index contributed by atoms with van der Waals surface area (Å²) < 4.78 is 16.9. The lowest BCUT2D eigenvalue weighted by atomic mass is 10.0. The lowest BCUT2D eigenvalue weighted by molar-refractivity contribution is -0.167. The molecule has 0 aliphatic heterocycles. The summed E-state index contributed by atoms with van der Waals surface area (Å²) in [7, 11) is 0. The number of unbranched alkanes of at least 4 members (excludes halogenated alkanes) is 33. The van der Waals surface area contributed by atoms with Gasteiger partial charge in [0.25, 0.3) is 0 Å². The zero-order valence-corrected chi connectivity index (χ0v) is 53.3. The number of rotatable bonds is 62. The van der Waals surface area contributed by atoms with Gasteiger partial charge in [0.1, 0.15) is 13.2 Å². The molecule has 0 saturated heterocycles. The van der Waals surface area contributed by atoms with Crippen LogP contribution in [-0.4, -0.2) is 37.2 Å². The Labute approximate surface area is 501 Å². The molecular formula is C75H128O6. The number of esters is 3. The molecule has 0 aliphatic carbocycles. The molecule has 0 N–H and O–H groups in total. The van der Waals surface area contributed by atoms with Crippen LogP contribution in [0.15, 0.2) is 109 Å². The number of hydrogen-bond donors (Lipinski definition) is 0. The van der Waals surface area contributed by atoms with Gasteiger partial charge in [-0.15, -0.1) is 0 Å². The van der Waals surface area contributed by atoms with Crippen molar-refractivity contribution in [2.75, 3.05) is 13.2 Å². The molecule has 0 amide bonds. The lowest BCUT2D eigenvalue weighted by Gasteiger charge is -2.18. The fraction of sp³-hybridized carbons (Fsp3) is 0.720. The Kier molecular flexibility index (Phi) is 65.2. The molecule has 1 atom stereocenters. The van der Waals surface area contributed by atoms with Crippen LogP contribution in [0.3, 0.4) is 0 Å². The van der Waals surface area contributed by atoms with E-state index in [9.17, 15) is 14.4 Å². The molecule has 1 unspecified atom stereocenters. The van der Waals surface area contributed by atoms with Gasteiger partial charge in [0, 0.05) is 19.3 Å². The monoisotopic (exact) mass is 1120 g/mol. The third-order valence-electron chi connectivity index (χ3n) is 14.7. The first-order chi connectivity index (χ1) is 40.0. The van der Waals surface area contributed by atoms with Crippen LogP contribution in [0.5, 0.6) is 0 Å². The first kappa shape index (κ1) is 77.1. The first-order valence-electron chi connectivity index (χ1n) is 34.4. The van der Waals surface area contributed by atoms with Crippen molar-refractivity contribution >= 4 is 17.9 Å². The molecule has 0 fully saturated rings. The van der Waals surface area contributed by atoms with Crippen molar-refractivity contribution in [3.8, 4) is 0 Å². The van der Waals surface area contributed by atoms with Crippen molar-refractivity contribution < 1.29 is 28.6 Å². The number of ether oxygens (including phenoxy) is 3. The maximum absolute atomic E-state index is 12.9. The Bertz CT molecular complexity index is 1620. The minimum atomic E-state index is -0.807.